The van der Waals surface area contributed by atoms with E-state index in [0.29, 0.717) is 6.42 Å². The molecule has 1 N–H and O–H groups in total. The second-order valence-electron chi connectivity index (χ2n) is 5.26. The molecule has 0 aliphatic heterocycles. The summed E-state index contributed by atoms with van der Waals surface area (Å²) in [5, 5.41) is 20.7. The van der Waals surface area contributed by atoms with Gasteiger partial charge in [0.1, 0.15) is 5.02 Å². The van der Waals surface area contributed by atoms with Crippen LogP contribution >= 0.6 is 11.6 Å². The molecule has 1 aromatic carbocycles. The molecule has 1 amide bonds. The van der Waals surface area contributed by atoms with E-state index >= 15 is 0 Å². The molecule has 2 unspecified atom stereocenters. The van der Waals surface area contributed by atoms with Gasteiger partial charge in [-0.1, -0.05) is 24.4 Å². The molecule has 2 atom stereocenters. The van der Waals surface area contributed by atoms with Crippen molar-refractivity contribution in [3.05, 3.63) is 38.9 Å². The average molecular weight is 313 g/mol. The maximum atomic E-state index is 12.4. The molecular formula is C14H17ClN2O4. The summed E-state index contributed by atoms with van der Waals surface area (Å²) >= 11 is 5.83. The number of hydrogen-bond donors (Lipinski definition) is 1. The number of likely N-dealkylation sites (N-methyl/N-ethyl adjacent to an activating group) is 1. The molecule has 0 spiro atoms. The van der Waals surface area contributed by atoms with Crippen molar-refractivity contribution >= 4 is 23.2 Å². The summed E-state index contributed by atoms with van der Waals surface area (Å²) in [4.78, 5) is 24.0. The molecule has 1 aliphatic carbocycles. The van der Waals surface area contributed by atoms with E-state index in [2.05, 4.69) is 0 Å². The number of halogens is 1. The molecule has 1 saturated carbocycles. The zero-order valence-electron chi connectivity index (χ0n) is 11.7. The first-order chi connectivity index (χ1) is 9.91. The summed E-state index contributed by atoms with van der Waals surface area (Å²) in [6, 6.07) is 3.69. The number of hydrogen-bond acceptors (Lipinski definition) is 4. The second-order valence-corrected chi connectivity index (χ2v) is 5.67. The lowest BCUT2D eigenvalue weighted by Gasteiger charge is -2.35. The fourth-order valence-electron chi connectivity index (χ4n) is 2.69. The van der Waals surface area contributed by atoms with Crippen LogP contribution in [-0.4, -0.2) is 40.0 Å². The standard InChI is InChI=1S/C14H17ClN2O4/c1-16(12-4-2-3-5-13(12)18)14(19)9-6-7-11(17(20)21)10(15)8-9/h6-8,12-13,18H,2-5H2,1H3. The molecule has 7 heteroatoms. The number of nitro benzene ring substituents is 1. The van der Waals surface area contributed by atoms with Gasteiger partial charge >= 0.3 is 0 Å². The van der Waals surface area contributed by atoms with Gasteiger partial charge < -0.3 is 10.0 Å². The van der Waals surface area contributed by atoms with Crippen LogP contribution in [0.1, 0.15) is 36.0 Å². The average Bonchev–Trinajstić information content (AvgIpc) is 2.45. The van der Waals surface area contributed by atoms with Crippen LogP contribution in [0.3, 0.4) is 0 Å². The lowest BCUT2D eigenvalue weighted by molar-refractivity contribution is -0.384. The SMILES string of the molecule is CN(C(=O)c1ccc([N+](=O)[O-])c(Cl)c1)C1CCCCC1O. The highest BCUT2D eigenvalue weighted by Crippen LogP contribution is 2.27. The fourth-order valence-corrected chi connectivity index (χ4v) is 2.94. The number of aliphatic hydroxyl groups is 1. The predicted molar refractivity (Wildman–Crippen MR) is 78.5 cm³/mol. The zero-order valence-corrected chi connectivity index (χ0v) is 12.4. The van der Waals surface area contributed by atoms with Crippen molar-refractivity contribution < 1.29 is 14.8 Å². The Balaban J connectivity index is 2.19. The van der Waals surface area contributed by atoms with Crippen molar-refractivity contribution in [3.63, 3.8) is 0 Å². The Morgan fingerprint density at radius 1 is 1.43 bits per heavy atom. The molecule has 2 rings (SSSR count). The highest BCUT2D eigenvalue weighted by molar-refractivity contribution is 6.33. The molecule has 114 valence electrons. The molecule has 0 saturated heterocycles. The van der Waals surface area contributed by atoms with Crippen LogP contribution < -0.4 is 0 Å². The highest BCUT2D eigenvalue weighted by Gasteiger charge is 2.30. The van der Waals surface area contributed by atoms with E-state index in [0.717, 1.165) is 19.3 Å². The highest BCUT2D eigenvalue weighted by atomic mass is 35.5. The Labute approximate surface area is 127 Å². The molecule has 0 heterocycles. The summed E-state index contributed by atoms with van der Waals surface area (Å²) in [6.45, 7) is 0. The maximum Gasteiger partial charge on any atom is 0.287 e. The molecule has 0 aromatic heterocycles. The molecule has 0 bridgehead atoms. The van der Waals surface area contributed by atoms with Crippen molar-refractivity contribution in [2.75, 3.05) is 7.05 Å². The first-order valence-corrected chi connectivity index (χ1v) is 7.18. The van der Waals surface area contributed by atoms with Crippen molar-refractivity contribution in [2.45, 2.75) is 37.8 Å². The zero-order chi connectivity index (χ0) is 15.6. The van der Waals surface area contributed by atoms with Gasteiger partial charge in [0.05, 0.1) is 17.1 Å². The minimum Gasteiger partial charge on any atom is -0.391 e. The van der Waals surface area contributed by atoms with Crippen LogP contribution in [-0.2, 0) is 0 Å². The Bertz CT molecular complexity index is 564. The molecule has 0 radical (unpaired) electrons. The van der Waals surface area contributed by atoms with Crippen LogP contribution in [0.4, 0.5) is 5.69 Å². The van der Waals surface area contributed by atoms with Gasteiger partial charge in [0.15, 0.2) is 0 Å². The Hall–Kier alpha value is -1.66. The third-order valence-corrected chi connectivity index (χ3v) is 4.21. The van der Waals surface area contributed by atoms with Gasteiger partial charge in [-0.2, -0.15) is 0 Å². The van der Waals surface area contributed by atoms with Gasteiger partial charge in [-0.05, 0) is 25.0 Å². The third-order valence-electron chi connectivity index (χ3n) is 3.90. The van der Waals surface area contributed by atoms with E-state index in [4.69, 9.17) is 11.6 Å². The van der Waals surface area contributed by atoms with E-state index in [9.17, 15) is 20.0 Å². The molecule has 1 fully saturated rings. The quantitative estimate of drug-likeness (QED) is 0.687. The number of carbonyl (C=O) groups is 1. The van der Waals surface area contributed by atoms with E-state index < -0.39 is 11.0 Å². The molecule has 6 nitrogen and oxygen atoms in total. The number of amides is 1. The number of nitrogens with zero attached hydrogens (tertiary/aromatic N) is 2. The normalized spacial score (nSPS) is 21.9. The number of aliphatic hydroxyl groups excluding tert-OH is 1. The summed E-state index contributed by atoms with van der Waals surface area (Å²) in [5.74, 6) is -0.294. The lowest BCUT2D eigenvalue weighted by Crippen LogP contribution is -2.46. The largest absolute Gasteiger partial charge is 0.391 e. The van der Waals surface area contributed by atoms with Crippen molar-refractivity contribution in [1.82, 2.24) is 4.90 Å². The van der Waals surface area contributed by atoms with Gasteiger partial charge in [-0.15, -0.1) is 0 Å². The van der Waals surface area contributed by atoms with Crippen LogP contribution in [0.25, 0.3) is 0 Å². The molecule has 1 aliphatic rings. The number of nitro groups is 1. The van der Waals surface area contributed by atoms with Crippen LogP contribution in [0.2, 0.25) is 5.02 Å². The first kappa shape index (κ1) is 15.7. The van der Waals surface area contributed by atoms with Crippen LogP contribution in [0.5, 0.6) is 0 Å². The van der Waals surface area contributed by atoms with Crippen LogP contribution in [0.15, 0.2) is 18.2 Å². The Morgan fingerprint density at radius 3 is 2.67 bits per heavy atom. The maximum absolute atomic E-state index is 12.4. The molecule has 1 aromatic rings. The lowest BCUT2D eigenvalue weighted by atomic mass is 9.91. The van der Waals surface area contributed by atoms with E-state index in [-0.39, 0.29) is 28.2 Å². The Kier molecular flexibility index (Phi) is 4.80. The summed E-state index contributed by atoms with van der Waals surface area (Å²) < 4.78 is 0. The first-order valence-electron chi connectivity index (χ1n) is 6.81. The van der Waals surface area contributed by atoms with Gasteiger partial charge in [0, 0.05) is 18.7 Å². The smallest absolute Gasteiger partial charge is 0.287 e. The van der Waals surface area contributed by atoms with E-state index in [1.807, 2.05) is 0 Å². The van der Waals surface area contributed by atoms with Crippen molar-refractivity contribution in [1.29, 1.82) is 0 Å². The summed E-state index contributed by atoms with van der Waals surface area (Å²) in [6.07, 6.45) is 2.85. The second kappa shape index (κ2) is 6.41. The predicted octanol–water partition coefficient (Wildman–Crippen LogP) is 2.62. The monoisotopic (exact) mass is 312 g/mol. The topological polar surface area (TPSA) is 83.7 Å². The van der Waals surface area contributed by atoms with Gasteiger partial charge in [-0.25, -0.2) is 0 Å². The van der Waals surface area contributed by atoms with Crippen molar-refractivity contribution in [2.24, 2.45) is 0 Å². The summed E-state index contributed by atoms with van der Waals surface area (Å²) in [7, 11) is 1.64. The van der Waals surface area contributed by atoms with Crippen LogP contribution in [0, 0.1) is 10.1 Å². The molecular weight excluding hydrogens is 296 g/mol. The van der Waals surface area contributed by atoms with Gasteiger partial charge in [0.25, 0.3) is 11.6 Å². The third kappa shape index (κ3) is 3.33. The van der Waals surface area contributed by atoms with Crippen molar-refractivity contribution in [3.8, 4) is 0 Å². The molecule has 21 heavy (non-hydrogen) atoms. The Morgan fingerprint density at radius 2 is 2.10 bits per heavy atom. The minimum absolute atomic E-state index is 0.0663. The summed E-state index contributed by atoms with van der Waals surface area (Å²) in [5.41, 5.74) is 0.0550. The van der Waals surface area contributed by atoms with Gasteiger partial charge in [-0.3, -0.25) is 14.9 Å². The fraction of sp³-hybridized carbons (Fsp3) is 0.500. The van der Waals surface area contributed by atoms with Gasteiger partial charge in [0.2, 0.25) is 0 Å². The number of carbonyl (C=O) groups excluding carboxylic acids is 1. The minimum atomic E-state index is -0.592. The van der Waals surface area contributed by atoms with E-state index in [1.54, 1.807) is 7.05 Å². The number of rotatable bonds is 3. The van der Waals surface area contributed by atoms with E-state index in [1.165, 1.54) is 23.1 Å². The number of benzene rings is 1.